The van der Waals surface area contributed by atoms with Crippen LogP contribution in [0.5, 0.6) is 0 Å². The number of nitrogens with one attached hydrogen (secondary N) is 8. The van der Waals surface area contributed by atoms with Gasteiger partial charge in [-0.25, -0.2) is 38.6 Å². The van der Waals surface area contributed by atoms with Crippen LogP contribution in [0.4, 0.5) is 24.0 Å². The summed E-state index contributed by atoms with van der Waals surface area (Å²) in [5.41, 5.74) is -2.94. The number of amides is 8. The molecule has 0 aliphatic carbocycles. The lowest BCUT2D eigenvalue weighted by molar-refractivity contribution is -0.155. The molecule has 8 N–H and O–H groups in total. The highest BCUT2D eigenvalue weighted by Crippen LogP contribution is 2.31. The van der Waals surface area contributed by atoms with Gasteiger partial charge in [-0.1, -0.05) is 12.5 Å². The molecule has 0 saturated carbocycles. The summed E-state index contributed by atoms with van der Waals surface area (Å²) in [6.45, 7) is 20.3. The monoisotopic (exact) mass is 1540 g/mol. The molecule has 4 aliphatic rings. The van der Waals surface area contributed by atoms with Gasteiger partial charge in [-0.2, -0.15) is 0 Å². The van der Waals surface area contributed by atoms with Crippen molar-refractivity contribution < 1.29 is 143 Å². The van der Waals surface area contributed by atoms with Crippen LogP contribution in [0.1, 0.15) is 95.4 Å². The van der Waals surface area contributed by atoms with Crippen molar-refractivity contribution in [3.63, 3.8) is 0 Å². The van der Waals surface area contributed by atoms with Crippen LogP contribution in [0.3, 0.4) is 0 Å². The van der Waals surface area contributed by atoms with Gasteiger partial charge in [0.1, 0.15) is 67.9 Å². The maximum absolute atomic E-state index is 13.8. The van der Waals surface area contributed by atoms with Crippen LogP contribution >= 0.6 is 0 Å². The molecule has 4 rings (SSSR count). The Kier molecular flexibility index (Phi) is 38.4. The van der Waals surface area contributed by atoms with E-state index in [4.69, 9.17) is 91.7 Å². The fourth-order valence-electron chi connectivity index (χ4n) is 10.1. The summed E-state index contributed by atoms with van der Waals surface area (Å²) in [6.07, 6.45) is -5.63. The fourth-order valence-corrected chi connectivity index (χ4v) is 10.1. The number of terminal acetylenes is 1. The fraction of sp³-hybridized carbons (Fsp3) is 0.691. The van der Waals surface area contributed by atoms with E-state index >= 15 is 0 Å². The molecule has 40 nitrogen and oxygen atoms in total. The summed E-state index contributed by atoms with van der Waals surface area (Å²) >= 11 is 0. The van der Waals surface area contributed by atoms with E-state index in [9.17, 15) is 57.5 Å². The largest absolute Gasteiger partial charge is 0.508 e. The number of rotatable bonds is 42. The summed E-state index contributed by atoms with van der Waals surface area (Å²) in [5, 5.41) is 20.8. The van der Waals surface area contributed by atoms with E-state index in [1.54, 1.807) is 62.3 Å². The number of nitrogens with zero attached hydrogens (tertiary/aromatic N) is 2. The quantitative estimate of drug-likeness (QED) is 0.0103. The number of hydrogen-bond donors (Lipinski definition) is 8. The van der Waals surface area contributed by atoms with Crippen molar-refractivity contribution in [2.24, 2.45) is 4.99 Å². The van der Waals surface area contributed by atoms with Gasteiger partial charge in [-0.3, -0.25) is 39.9 Å². The van der Waals surface area contributed by atoms with Crippen LogP contribution in [0.2, 0.25) is 0 Å². The zero-order valence-corrected chi connectivity index (χ0v) is 63.2. The molecule has 2 saturated heterocycles. The van der Waals surface area contributed by atoms with E-state index in [2.05, 4.69) is 60.0 Å². The predicted octanol–water partition coefficient (Wildman–Crippen LogP) is 0.424. The Morgan fingerprint density at radius 2 is 1.03 bits per heavy atom. The van der Waals surface area contributed by atoms with Crippen LogP contribution < -0.4 is 42.5 Å². The van der Waals surface area contributed by atoms with Crippen LogP contribution in [0.25, 0.3) is 0 Å². The molecule has 0 unspecified atom stereocenters. The summed E-state index contributed by atoms with van der Waals surface area (Å²) < 4.78 is 98.9. The van der Waals surface area contributed by atoms with E-state index < -0.39 is 182 Å². The number of carbonyl (C=O) groups is 12. The number of unbranched alkanes of at least 4 members (excludes halogenated alkanes) is 1. The molecule has 8 amide bonds. The smallest absolute Gasteiger partial charge is 0.478 e. The van der Waals surface area contributed by atoms with Gasteiger partial charge in [0.05, 0.1) is 104 Å². The topological polar surface area (TPSA) is 483 Å². The van der Waals surface area contributed by atoms with Crippen molar-refractivity contribution >= 4 is 78.0 Å². The van der Waals surface area contributed by atoms with Gasteiger partial charge in [0.25, 0.3) is 0 Å². The molecule has 0 bridgehead atoms. The van der Waals surface area contributed by atoms with Gasteiger partial charge in [-0.15, -0.1) is 6.42 Å². The van der Waals surface area contributed by atoms with Crippen LogP contribution in [-0.2, 0) is 119 Å². The zero-order chi connectivity index (χ0) is 80.2. The SMILES string of the molecule is C#CCOCCOCCOCCOCCC(=O)N(CCCCNC(=O)CO[C@@H]([C@@H]1OC(C(=O)OC)=C[C@H](N=C(NC(=O)OC(C)(C)C)NC(=O)OC(C)(C)C)[C@H]1NC(C)=O)[C@H]1COC(=O)O1)CCOCCNC(=O)CO[C@@H]([C@@H]1OC(C(=O)OC)=C[C@H](NC(=C)NC(=O)OC(C)(C)C)[C@H]1NC(C)=O)[C@H]1COC(=O)O1. The second-order valence-corrected chi connectivity index (χ2v) is 26.9. The van der Waals surface area contributed by atoms with Crippen molar-refractivity contribution in [2.45, 2.75) is 173 Å². The molecule has 108 heavy (non-hydrogen) atoms. The van der Waals surface area contributed by atoms with Gasteiger partial charge in [-0.05, 0) is 87.3 Å². The highest BCUT2D eigenvalue weighted by molar-refractivity contribution is 6.01. The van der Waals surface area contributed by atoms with Gasteiger partial charge in [0.15, 0.2) is 24.4 Å². The number of hydrogen-bond acceptors (Lipinski definition) is 32. The van der Waals surface area contributed by atoms with Gasteiger partial charge >= 0.3 is 42.5 Å². The molecular formula is C68H104N10O30. The van der Waals surface area contributed by atoms with Crippen LogP contribution in [0.15, 0.2) is 41.1 Å². The van der Waals surface area contributed by atoms with Crippen LogP contribution in [0, 0.1) is 12.3 Å². The standard InChI is InChI=1S/C68H104N10O30/c1-16-24-93-28-30-96-32-33-97-31-29-94-25-19-51(83)78(23-27-95-26-21-70-50(82)39-99-54(47-36-100-64(89)104-47)56-52(73-41(3)79)43(34-45(102-56)58(84)91-14)71-40(2)72-61(86)106-66(5,6)7)22-18-17-20-69-49(81)38-98-55(48-37-101-65(90)105-48)57-53(74-42(4)80)44(35-46(103-57)59(85)92-15)75-60(76-62(87)107-67(8,9)10)77-63(88)108-68(11,12)13/h1,34-35,43-44,47-48,52-57,71H,2,17-33,36-39H2,3-15H3,(H,69,81)(H,70,82)(H,72,86)(H,73,79)(H,74,80)(H2,75,76,77,87,88)/t43-,44-,47+,48+,52+,53+,54+,55+,56+,57+/m0/s1. The normalized spacial score (nSPS) is 20.0. The maximum Gasteiger partial charge on any atom is 0.508 e. The van der Waals surface area contributed by atoms with Gasteiger partial charge < -0.3 is 117 Å². The molecule has 0 radical (unpaired) electrons. The van der Waals surface area contributed by atoms with Crippen molar-refractivity contribution in [3.05, 3.63) is 36.1 Å². The number of guanidine groups is 1. The van der Waals surface area contributed by atoms with E-state index in [1.807, 2.05) is 0 Å². The molecule has 0 aromatic carbocycles. The van der Waals surface area contributed by atoms with E-state index in [1.165, 1.54) is 17.9 Å². The number of esters is 2. The lowest BCUT2D eigenvalue weighted by Gasteiger charge is -2.41. The zero-order valence-electron chi connectivity index (χ0n) is 63.2. The first kappa shape index (κ1) is 90.6. The van der Waals surface area contributed by atoms with E-state index in [-0.39, 0.29) is 96.3 Å². The lowest BCUT2D eigenvalue weighted by atomic mass is 9.91. The molecule has 10 atom stereocenters. The molecule has 40 heteroatoms. The maximum atomic E-state index is 13.8. The first-order valence-corrected chi connectivity index (χ1v) is 34.5. The second kappa shape index (κ2) is 45.8. The number of alkyl carbamates (subject to hydrolysis) is 3. The van der Waals surface area contributed by atoms with Crippen LogP contribution in [-0.4, -0.2) is 293 Å². The Morgan fingerprint density at radius 3 is 1.50 bits per heavy atom. The Balaban J connectivity index is 1.44. The lowest BCUT2D eigenvalue weighted by Crippen LogP contribution is -2.64. The molecule has 2 fully saturated rings. The van der Waals surface area contributed by atoms with Crippen molar-refractivity contribution in [1.29, 1.82) is 0 Å². The van der Waals surface area contributed by atoms with Gasteiger partial charge in [0.2, 0.25) is 47.0 Å². The highest BCUT2D eigenvalue weighted by Gasteiger charge is 2.51. The van der Waals surface area contributed by atoms with E-state index in [0.29, 0.717) is 32.7 Å². The Labute approximate surface area is 625 Å². The average molecular weight is 1540 g/mol. The van der Waals surface area contributed by atoms with Crippen molar-refractivity contribution in [2.75, 3.05) is 133 Å². The third-order valence-electron chi connectivity index (χ3n) is 14.5. The molecule has 0 spiro atoms. The molecule has 0 aromatic heterocycles. The first-order chi connectivity index (χ1) is 51.0. The minimum absolute atomic E-state index is 0.0181. The number of cyclic esters (lactones) is 4. The number of carbonyl (C=O) groups excluding carboxylic acids is 12. The average Bonchev–Trinajstić information content (AvgIpc) is 1.22. The first-order valence-electron chi connectivity index (χ1n) is 34.5. The third-order valence-corrected chi connectivity index (χ3v) is 14.5. The molecule has 4 heterocycles. The van der Waals surface area contributed by atoms with Crippen molar-refractivity contribution in [3.8, 4) is 12.3 Å². The van der Waals surface area contributed by atoms with E-state index in [0.717, 1.165) is 27.2 Å². The summed E-state index contributed by atoms with van der Waals surface area (Å²) in [6, 6.07) is -5.14. The van der Waals surface area contributed by atoms with Crippen molar-refractivity contribution in [1.82, 2.24) is 47.4 Å². The summed E-state index contributed by atoms with van der Waals surface area (Å²) in [4.78, 5) is 163. The minimum atomic E-state index is -1.57. The Bertz CT molecular complexity index is 3160. The number of ether oxygens (including phenoxy) is 18. The summed E-state index contributed by atoms with van der Waals surface area (Å²) in [7, 11) is 2.14. The Hall–Kier alpha value is -9.79. The highest BCUT2D eigenvalue weighted by atomic mass is 16.8. The molecule has 4 aliphatic heterocycles. The minimum Gasteiger partial charge on any atom is -0.478 e. The van der Waals surface area contributed by atoms with Gasteiger partial charge in [0, 0.05) is 40.0 Å². The number of aliphatic imine (C=N–C) groups is 1. The number of methoxy groups -OCH3 is 2. The predicted molar refractivity (Wildman–Crippen MR) is 372 cm³/mol. The molecular weight excluding hydrogens is 1440 g/mol. The molecule has 0 aromatic rings. The molecule has 606 valence electrons. The third kappa shape index (κ3) is 35.3. The Morgan fingerprint density at radius 1 is 0.574 bits per heavy atom. The summed E-state index contributed by atoms with van der Waals surface area (Å²) in [5.74, 6) is -4.21. The second-order valence-electron chi connectivity index (χ2n) is 26.9.